The first-order valence-corrected chi connectivity index (χ1v) is 10.9. The topological polar surface area (TPSA) is 50.8 Å². The van der Waals surface area contributed by atoms with Gasteiger partial charge in [-0.25, -0.2) is 4.79 Å². The van der Waals surface area contributed by atoms with Crippen molar-refractivity contribution >= 4 is 39.0 Å². The maximum atomic E-state index is 13.2. The van der Waals surface area contributed by atoms with Crippen LogP contribution in [0, 0.1) is 0 Å². The highest BCUT2D eigenvalue weighted by Gasteiger charge is 2.34. The predicted molar refractivity (Wildman–Crippen MR) is 119 cm³/mol. The van der Waals surface area contributed by atoms with Crippen LogP contribution in [0.25, 0.3) is 0 Å². The van der Waals surface area contributed by atoms with Gasteiger partial charge in [-0.3, -0.25) is 0 Å². The number of anilines is 1. The van der Waals surface area contributed by atoms with Crippen LogP contribution >= 0.6 is 27.3 Å². The molecule has 0 saturated heterocycles. The largest absolute Gasteiger partial charge is 0.493 e. The third-order valence-electron chi connectivity index (χ3n) is 5.04. The number of nitrogens with one attached hydrogen (secondary N) is 1. The summed E-state index contributed by atoms with van der Waals surface area (Å²) in [5, 5.41) is 5.06. The lowest BCUT2D eigenvalue weighted by atomic mass is 9.91. The van der Waals surface area contributed by atoms with Crippen molar-refractivity contribution in [2.45, 2.75) is 12.5 Å². The van der Waals surface area contributed by atoms with E-state index in [0.717, 1.165) is 27.0 Å². The van der Waals surface area contributed by atoms with Gasteiger partial charge >= 0.3 is 6.03 Å². The molecule has 2 amide bonds. The van der Waals surface area contributed by atoms with Gasteiger partial charge in [0.15, 0.2) is 11.5 Å². The van der Waals surface area contributed by atoms with Gasteiger partial charge < -0.3 is 19.7 Å². The van der Waals surface area contributed by atoms with Crippen molar-refractivity contribution in [3.05, 3.63) is 74.4 Å². The number of hydrogen-bond acceptors (Lipinski definition) is 4. The summed E-state index contributed by atoms with van der Waals surface area (Å²) in [7, 11) is 3.27. The zero-order valence-corrected chi connectivity index (χ0v) is 18.5. The van der Waals surface area contributed by atoms with E-state index in [2.05, 4.69) is 27.3 Å². The van der Waals surface area contributed by atoms with Crippen LogP contribution in [0.2, 0.25) is 0 Å². The van der Waals surface area contributed by atoms with E-state index in [4.69, 9.17) is 9.47 Å². The number of halogens is 1. The predicted octanol–water partition coefficient (Wildman–Crippen LogP) is 5.71. The zero-order chi connectivity index (χ0) is 20.4. The molecule has 0 fully saturated rings. The molecule has 29 heavy (non-hydrogen) atoms. The molecular formula is C22H21BrN2O3S. The number of carbonyl (C=O) groups is 1. The number of urea groups is 1. The Morgan fingerprint density at radius 3 is 2.52 bits per heavy atom. The van der Waals surface area contributed by atoms with Crippen LogP contribution in [-0.2, 0) is 6.42 Å². The Morgan fingerprint density at radius 1 is 1.14 bits per heavy atom. The average molecular weight is 473 g/mol. The normalized spacial score (nSPS) is 15.6. The molecule has 1 atom stereocenters. The van der Waals surface area contributed by atoms with Gasteiger partial charge in [0, 0.05) is 21.6 Å². The van der Waals surface area contributed by atoms with E-state index < -0.39 is 0 Å². The summed E-state index contributed by atoms with van der Waals surface area (Å²) >= 11 is 5.07. The highest BCUT2D eigenvalue weighted by Crippen LogP contribution is 2.42. The van der Waals surface area contributed by atoms with Crippen molar-refractivity contribution in [3.8, 4) is 11.5 Å². The molecule has 1 aliphatic rings. The third kappa shape index (κ3) is 3.97. The van der Waals surface area contributed by atoms with E-state index in [-0.39, 0.29) is 12.1 Å². The van der Waals surface area contributed by atoms with Crippen molar-refractivity contribution in [2.75, 3.05) is 26.1 Å². The summed E-state index contributed by atoms with van der Waals surface area (Å²) in [4.78, 5) is 16.2. The van der Waals surface area contributed by atoms with Gasteiger partial charge in [0.1, 0.15) is 0 Å². The quantitative estimate of drug-likeness (QED) is 0.529. The molecule has 0 bridgehead atoms. The molecular weight excluding hydrogens is 452 g/mol. The number of benzene rings is 2. The summed E-state index contributed by atoms with van der Waals surface area (Å²) in [6.45, 7) is 0.618. The lowest BCUT2D eigenvalue weighted by molar-refractivity contribution is 0.194. The van der Waals surface area contributed by atoms with Crippen LogP contribution < -0.4 is 14.8 Å². The SMILES string of the molecule is COc1cc2c(cc1OC)C(c1cccs1)N(C(=O)Nc1ccc(Br)cc1)CC2. The Morgan fingerprint density at radius 2 is 1.86 bits per heavy atom. The van der Waals surface area contributed by atoms with Crippen molar-refractivity contribution in [3.63, 3.8) is 0 Å². The summed E-state index contributed by atoms with van der Waals surface area (Å²) < 4.78 is 12.0. The standard InChI is InChI=1S/C22H21BrN2O3S/c1-27-18-12-14-9-10-25(22(26)24-16-7-5-15(23)6-8-16)21(20-4-3-11-29-20)17(14)13-19(18)28-2/h3-8,11-13,21H,9-10H2,1-2H3,(H,24,26). The van der Waals surface area contributed by atoms with E-state index in [9.17, 15) is 4.79 Å². The first-order chi connectivity index (χ1) is 14.1. The fourth-order valence-electron chi connectivity index (χ4n) is 3.65. The van der Waals surface area contributed by atoms with E-state index >= 15 is 0 Å². The molecule has 150 valence electrons. The summed E-state index contributed by atoms with van der Waals surface area (Å²) in [6.07, 6.45) is 0.755. The highest BCUT2D eigenvalue weighted by molar-refractivity contribution is 9.10. The molecule has 2 heterocycles. The Bertz CT molecular complexity index is 1010. The molecule has 5 nitrogen and oxygen atoms in total. The van der Waals surface area contributed by atoms with Crippen LogP contribution in [-0.4, -0.2) is 31.7 Å². The number of ether oxygens (including phenoxy) is 2. The Labute approximate surface area is 182 Å². The first-order valence-electron chi connectivity index (χ1n) is 9.22. The number of nitrogens with zero attached hydrogens (tertiary/aromatic N) is 1. The molecule has 1 N–H and O–H groups in total. The third-order valence-corrected chi connectivity index (χ3v) is 6.50. The summed E-state index contributed by atoms with van der Waals surface area (Å²) in [5.41, 5.74) is 3.01. The van der Waals surface area contributed by atoms with E-state index in [1.807, 2.05) is 52.7 Å². The number of amides is 2. The van der Waals surface area contributed by atoms with Gasteiger partial charge in [0.2, 0.25) is 0 Å². The fraction of sp³-hybridized carbons (Fsp3) is 0.227. The number of methoxy groups -OCH3 is 2. The second-order valence-electron chi connectivity index (χ2n) is 6.70. The van der Waals surface area contributed by atoms with Crippen LogP contribution in [0.3, 0.4) is 0 Å². The smallest absolute Gasteiger partial charge is 0.322 e. The van der Waals surface area contributed by atoms with E-state index in [1.54, 1.807) is 25.6 Å². The summed E-state index contributed by atoms with van der Waals surface area (Å²) in [5.74, 6) is 1.38. The maximum absolute atomic E-state index is 13.2. The first kappa shape index (κ1) is 19.8. The summed E-state index contributed by atoms with van der Waals surface area (Å²) in [6, 6.07) is 15.4. The highest BCUT2D eigenvalue weighted by atomic mass is 79.9. The number of thiophene rings is 1. The van der Waals surface area contributed by atoms with E-state index in [0.29, 0.717) is 18.0 Å². The number of fused-ring (bicyclic) bond motifs is 1. The van der Waals surface area contributed by atoms with Crippen LogP contribution in [0.15, 0.2) is 58.4 Å². The monoisotopic (exact) mass is 472 g/mol. The van der Waals surface area contributed by atoms with Gasteiger partial charge in [0.05, 0.1) is 20.3 Å². The minimum absolute atomic E-state index is 0.119. The molecule has 1 aromatic heterocycles. The minimum atomic E-state index is -0.172. The molecule has 0 saturated carbocycles. The molecule has 4 rings (SSSR count). The van der Waals surface area contributed by atoms with Crippen LogP contribution in [0.4, 0.5) is 10.5 Å². The van der Waals surface area contributed by atoms with E-state index in [1.165, 1.54) is 5.56 Å². The van der Waals surface area contributed by atoms with Crippen LogP contribution in [0.5, 0.6) is 11.5 Å². The van der Waals surface area contributed by atoms with Gasteiger partial charge in [-0.15, -0.1) is 11.3 Å². The molecule has 0 aliphatic carbocycles. The Hall–Kier alpha value is -2.51. The van der Waals surface area contributed by atoms with Crippen molar-refractivity contribution in [1.29, 1.82) is 0 Å². The lowest BCUT2D eigenvalue weighted by Crippen LogP contribution is -2.42. The number of hydrogen-bond donors (Lipinski definition) is 1. The van der Waals surface area contributed by atoms with Crippen LogP contribution in [0.1, 0.15) is 22.0 Å². The van der Waals surface area contributed by atoms with Crippen molar-refractivity contribution in [1.82, 2.24) is 4.90 Å². The van der Waals surface area contributed by atoms with Gasteiger partial charge in [-0.05, 0) is 65.4 Å². The van der Waals surface area contributed by atoms with Gasteiger partial charge in [-0.2, -0.15) is 0 Å². The average Bonchev–Trinajstić information content (AvgIpc) is 3.27. The molecule has 2 aromatic carbocycles. The molecule has 0 spiro atoms. The second kappa shape index (κ2) is 8.47. The Kier molecular flexibility index (Phi) is 5.78. The van der Waals surface area contributed by atoms with Gasteiger partial charge in [-0.1, -0.05) is 22.0 Å². The number of rotatable bonds is 4. The van der Waals surface area contributed by atoms with Gasteiger partial charge in [0.25, 0.3) is 0 Å². The molecule has 7 heteroatoms. The fourth-order valence-corrected chi connectivity index (χ4v) is 4.77. The Balaban J connectivity index is 1.71. The molecule has 0 radical (unpaired) electrons. The molecule has 3 aromatic rings. The molecule has 1 aliphatic heterocycles. The zero-order valence-electron chi connectivity index (χ0n) is 16.1. The van der Waals surface area contributed by atoms with Crippen molar-refractivity contribution < 1.29 is 14.3 Å². The second-order valence-corrected chi connectivity index (χ2v) is 8.60. The number of carbonyl (C=O) groups excluding carboxylic acids is 1. The lowest BCUT2D eigenvalue weighted by Gasteiger charge is -2.37. The maximum Gasteiger partial charge on any atom is 0.322 e. The molecule has 1 unspecified atom stereocenters. The van der Waals surface area contributed by atoms with Crippen molar-refractivity contribution in [2.24, 2.45) is 0 Å². The minimum Gasteiger partial charge on any atom is -0.493 e.